The highest BCUT2D eigenvalue weighted by molar-refractivity contribution is 5.96. The average Bonchev–Trinajstić information content (AvgIpc) is 3.18. The number of rotatable bonds is 5. The monoisotopic (exact) mass is 433 g/mol. The van der Waals surface area contributed by atoms with Crippen molar-refractivity contribution in [2.45, 2.75) is 64.5 Å². The zero-order valence-electron chi connectivity index (χ0n) is 19.5. The second-order valence-corrected chi connectivity index (χ2v) is 10.3. The van der Waals surface area contributed by atoms with Crippen LogP contribution in [0.4, 0.5) is 5.69 Å². The molecule has 0 aromatic heterocycles. The topological polar surface area (TPSA) is 61.4 Å². The summed E-state index contributed by atoms with van der Waals surface area (Å²) in [4.78, 5) is 27.8. The summed E-state index contributed by atoms with van der Waals surface area (Å²) in [5.41, 5.74) is 4.32. The van der Waals surface area contributed by atoms with Crippen molar-refractivity contribution in [2.75, 3.05) is 18.4 Å². The van der Waals surface area contributed by atoms with Gasteiger partial charge in [-0.3, -0.25) is 14.5 Å². The van der Waals surface area contributed by atoms with E-state index in [-0.39, 0.29) is 29.2 Å². The van der Waals surface area contributed by atoms with Gasteiger partial charge in [-0.05, 0) is 88.4 Å². The summed E-state index contributed by atoms with van der Waals surface area (Å²) >= 11 is 0. The molecule has 2 aromatic carbocycles. The van der Waals surface area contributed by atoms with Gasteiger partial charge < -0.3 is 10.6 Å². The third-order valence-corrected chi connectivity index (χ3v) is 6.51. The maximum atomic E-state index is 12.9. The number of nitrogens with zero attached hydrogens (tertiary/aromatic N) is 1. The number of amides is 2. The lowest BCUT2D eigenvalue weighted by molar-refractivity contribution is -0.128. The third-order valence-electron chi connectivity index (χ3n) is 6.51. The minimum absolute atomic E-state index is 0.0619. The van der Waals surface area contributed by atoms with Gasteiger partial charge in [0.15, 0.2) is 0 Å². The first-order valence-electron chi connectivity index (χ1n) is 11.8. The molecule has 4 rings (SSSR count). The Balaban J connectivity index is 1.31. The van der Waals surface area contributed by atoms with Crippen LogP contribution in [0.2, 0.25) is 0 Å². The Labute approximate surface area is 191 Å². The Morgan fingerprint density at radius 1 is 0.969 bits per heavy atom. The van der Waals surface area contributed by atoms with Crippen molar-refractivity contribution in [1.29, 1.82) is 0 Å². The number of fused-ring (bicyclic) bond motifs is 1. The molecule has 2 aromatic rings. The van der Waals surface area contributed by atoms with E-state index in [0.717, 1.165) is 51.0 Å². The molecule has 5 heteroatoms. The zero-order chi connectivity index (χ0) is 22.7. The fourth-order valence-corrected chi connectivity index (χ4v) is 4.89. The number of likely N-dealkylation sites (tertiary alicyclic amines) is 1. The van der Waals surface area contributed by atoms with Crippen LogP contribution in [0.25, 0.3) is 0 Å². The molecule has 0 spiro atoms. The molecule has 5 nitrogen and oxygen atoms in total. The molecule has 1 aliphatic heterocycles. The highest BCUT2D eigenvalue weighted by atomic mass is 16.2. The Bertz CT molecular complexity index is 971. The van der Waals surface area contributed by atoms with Crippen LogP contribution in [-0.2, 0) is 22.6 Å². The lowest BCUT2D eigenvalue weighted by Crippen LogP contribution is -2.46. The number of hydrogen-bond donors (Lipinski definition) is 2. The number of carbonyl (C=O) groups excluding carboxylic acids is 2. The zero-order valence-corrected chi connectivity index (χ0v) is 19.5. The number of anilines is 1. The molecule has 2 amide bonds. The minimum Gasteiger partial charge on any atom is -0.351 e. The highest BCUT2D eigenvalue weighted by Gasteiger charge is 2.29. The maximum Gasteiger partial charge on any atom is 0.231 e. The predicted octanol–water partition coefficient (Wildman–Crippen LogP) is 4.48. The average molecular weight is 434 g/mol. The lowest BCUT2D eigenvalue weighted by Gasteiger charge is -2.33. The van der Waals surface area contributed by atoms with E-state index in [4.69, 9.17) is 0 Å². The van der Waals surface area contributed by atoms with Crippen molar-refractivity contribution in [1.82, 2.24) is 10.2 Å². The van der Waals surface area contributed by atoms with Gasteiger partial charge in [0.1, 0.15) is 0 Å². The first kappa shape index (κ1) is 22.5. The third kappa shape index (κ3) is 5.57. The van der Waals surface area contributed by atoms with Crippen LogP contribution in [0, 0.1) is 5.92 Å². The first-order valence-corrected chi connectivity index (χ1v) is 11.8. The second-order valence-electron chi connectivity index (χ2n) is 10.3. The van der Waals surface area contributed by atoms with E-state index < -0.39 is 0 Å². The lowest BCUT2D eigenvalue weighted by atomic mass is 9.94. The molecule has 1 fully saturated rings. The fourth-order valence-electron chi connectivity index (χ4n) is 4.89. The smallest absolute Gasteiger partial charge is 0.231 e. The Morgan fingerprint density at radius 2 is 1.72 bits per heavy atom. The van der Waals surface area contributed by atoms with E-state index in [0.29, 0.717) is 0 Å². The molecular weight excluding hydrogens is 398 g/mol. The number of aryl methyl sites for hydroxylation is 1. The van der Waals surface area contributed by atoms with E-state index in [2.05, 4.69) is 39.8 Å². The van der Waals surface area contributed by atoms with Crippen molar-refractivity contribution in [2.24, 2.45) is 5.92 Å². The summed E-state index contributed by atoms with van der Waals surface area (Å²) in [5, 5.41) is 6.25. The molecule has 2 aliphatic rings. The molecule has 1 atom stereocenters. The van der Waals surface area contributed by atoms with Crippen molar-refractivity contribution in [3.63, 3.8) is 0 Å². The van der Waals surface area contributed by atoms with Crippen LogP contribution in [-0.4, -0.2) is 35.3 Å². The molecule has 1 unspecified atom stereocenters. The highest BCUT2D eigenvalue weighted by Crippen LogP contribution is 2.33. The van der Waals surface area contributed by atoms with E-state index >= 15 is 0 Å². The van der Waals surface area contributed by atoms with E-state index in [1.54, 1.807) is 0 Å². The van der Waals surface area contributed by atoms with Crippen molar-refractivity contribution < 1.29 is 9.59 Å². The number of nitrogens with one attached hydrogen (secondary N) is 2. The van der Waals surface area contributed by atoms with Gasteiger partial charge in [0.25, 0.3) is 0 Å². The van der Waals surface area contributed by atoms with E-state index in [1.165, 1.54) is 16.7 Å². The van der Waals surface area contributed by atoms with Gasteiger partial charge in [-0.2, -0.15) is 0 Å². The van der Waals surface area contributed by atoms with Gasteiger partial charge in [-0.25, -0.2) is 0 Å². The molecule has 170 valence electrons. The summed E-state index contributed by atoms with van der Waals surface area (Å²) in [6, 6.07) is 16.4. The standard InChI is InChI=1S/C27H35N3O2/c1-27(2,3)29-25(31)21-13-15-30(16-14-21)18-19-7-6-9-22(17-19)28-26(32)24-12-11-20-8-4-5-10-23(20)24/h4-10,17,21,24H,11-16,18H2,1-3H3,(H,28,32)(H,29,31). The molecule has 0 saturated carbocycles. The van der Waals surface area contributed by atoms with E-state index in [1.807, 2.05) is 45.0 Å². The molecule has 1 aliphatic carbocycles. The first-order chi connectivity index (χ1) is 15.3. The Morgan fingerprint density at radius 3 is 2.47 bits per heavy atom. The van der Waals surface area contributed by atoms with Crippen molar-refractivity contribution in [3.8, 4) is 0 Å². The van der Waals surface area contributed by atoms with Gasteiger partial charge in [-0.15, -0.1) is 0 Å². The summed E-state index contributed by atoms with van der Waals surface area (Å²) in [6.45, 7) is 8.74. The summed E-state index contributed by atoms with van der Waals surface area (Å²) in [5.74, 6) is 0.298. The van der Waals surface area contributed by atoms with Crippen molar-refractivity contribution in [3.05, 3.63) is 65.2 Å². The second kappa shape index (κ2) is 9.45. The summed E-state index contributed by atoms with van der Waals surface area (Å²) < 4.78 is 0. The predicted molar refractivity (Wildman–Crippen MR) is 128 cm³/mol. The molecule has 1 saturated heterocycles. The van der Waals surface area contributed by atoms with Gasteiger partial charge in [0, 0.05) is 23.7 Å². The minimum atomic E-state index is -0.181. The number of benzene rings is 2. The molecule has 1 heterocycles. The van der Waals surface area contributed by atoms with Gasteiger partial charge in [-0.1, -0.05) is 36.4 Å². The summed E-state index contributed by atoms with van der Waals surface area (Å²) in [7, 11) is 0. The SMILES string of the molecule is CC(C)(C)NC(=O)C1CCN(Cc2cccc(NC(=O)C3CCc4ccccc43)c2)CC1. The van der Waals surface area contributed by atoms with Crippen LogP contribution in [0.5, 0.6) is 0 Å². The fraction of sp³-hybridized carbons (Fsp3) is 0.481. The quantitative estimate of drug-likeness (QED) is 0.731. The van der Waals surface area contributed by atoms with Crippen molar-refractivity contribution >= 4 is 17.5 Å². The van der Waals surface area contributed by atoms with Gasteiger partial charge >= 0.3 is 0 Å². The molecule has 0 radical (unpaired) electrons. The Hall–Kier alpha value is -2.66. The van der Waals surface area contributed by atoms with E-state index in [9.17, 15) is 9.59 Å². The number of hydrogen-bond acceptors (Lipinski definition) is 3. The number of carbonyl (C=O) groups is 2. The van der Waals surface area contributed by atoms with Crippen LogP contribution in [0.3, 0.4) is 0 Å². The molecular formula is C27H35N3O2. The molecule has 32 heavy (non-hydrogen) atoms. The number of piperidine rings is 1. The van der Waals surface area contributed by atoms with Gasteiger partial charge in [0.05, 0.1) is 5.92 Å². The van der Waals surface area contributed by atoms with Gasteiger partial charge in [0.2, 0.25) is 11.8 Å². The summed E-state index contributed by atoms with van der Waals surface area (Å²) in [6.07, 6.45) is 3.62. The van der Waals surface area contributed by atoms with Crippen LogP contribution >= 0.6 is 0 Å². The normalized spacial score (nSPS) is 19.4. The van der Waals surface area contributed by atoms with Crippen LogP contribution in [0.15, 0.2) is 48.5 Å². The largest absolute Gasteiger partial charge is 0.351 e. The van der Waals surface area contributed by atoms with Crippen LogP contribution in [0.1, 0.15) is 62.6 Å². The van der Waals surface area contributed by atoms with Crippen LogP contribution < -0.4 is 10.6 Å². The Kier molecular flexibility index (Phi) is 6.66. The molecule has 2 N–H and O–H groups in total. The molecule has 0 bridgehead atoms. The maximum absolute atomic E-state index is 12.9.